The summed E-state index contributed by atoms with van der Waals surface area (Å²) in [5.74, 6) is 0.740. The molecule has 8 heteroatoms. The van der Waals surface area contributed by atoms with Crippen molar-refractivity contribution in [2.45, 2.75) is 70.4 Å². The monoisotopic (exact) mass is 586 g/mol. The van der Waals surface area contributed by atoms with Crippen LogP contribution in [-0.2, 0) is 14.0 Å². The third-order valence-electron chi connectivity index (χ3n) is 7.32. The summed E-state index contributed by atoms with van der Waals surface area (Å²) < 4.78 is 24.3. The number of carbonyl (C=O) groups excluding carboxylic acids is 2. The van der Waals surface area contributed by atoms with E-state index in [2.05, 4.69) is 56.5 Å². The Morgan fingerprint density at radius 2 is 1.76 bits per heavy atom. The lowest BCUT2D eigenvalue weighted by atomic mass is 9.70. The molecule has 2 aliphatic carbocycles. The van der Waals surface area contributed by atoms with Gasteiger partial charge in [0.2, 0.25) is 0 Å². The van der Waals surface area contributed by atoms with E-state index < -0.39 is 20.4 Å². The normalized spacial score (nSPS) is 25.7. The number of fused-ring (bicyclic) bond motifs is 1. The van der Waals surface area contributed by atoms with E-state index in [1.807, 2.05) is 6.08 Å². The molecule has 3 rings (SSSR count). The summed E-state index contributed by atoms with van der Waals surface area (Å²) >= 11 is 2.14. The Kier molecular flexibility index (Phi) is 8.00. The standard InChI is InChI=1S/C25H35IO6Si/c1-25(2,3)33(6,7)32-23-17-9-11-18(26)22(27)16(17)10-13-20(23)31-24(28)15-8-12-19(29-4)21(14-15)30-5/h8,11-12,14,16-17,20,23H,9-10,13H2,1-7H3/t16-,17-,20-,23+/m0/s1. The Hall–Kier alpha value is -1.39. The average molecular weight is 587 g/mol. The van der Waals surface area contributed by atoms with Crippen molar-refractivity contribution in [3.63, 3.8) is 0 Å². The van der Waals surface area contributed by atoms with Crippen LogP contribution < -0.4 is 9.47 Å². The predicted octanol–water partition coefficient (Wildman–Crippen LogP) is 5.94. The van der Waals surface area contributed by atoms with E-state index in [4.69, 9.17) is 18.6 Å². The number of Topliss-reactive ketones (excluding diaryl/α,β-unsaturated/α-hetero) is 1. The minimum Gasteiger partial charge on any atom is -0.493 e. The quantitative estimate of drug-likeness (QED) is 0.234. The summed E-state index contributed by atoms with van der Waals surface area (Å²) in [6, 6.07) is 5.00. The summed E-state index contributed by atoms with van der Waals surface area (Å²) in [7, 11) is 0.919. The van der Waals surface area contributed by atoms with Crippen LogP contribution in [0.15, 0.2) is 27.9 Å². The lowest BCUT2D eigenvalue weighted by Gasteiger charge is -2.48. The first-order valence-electron chi connectivity index (χ1n) is 11.4. The first kappa shape index (κ1) is 26.2. The fourth-order valence-corrected chi connectivity index (χ4v) is 6.36. The molecule has 6 nitrogen and oxygen atoms in total. The molecular formula is C25H35IO6Si. The van der Waals surface area contributed by atoms with Crippen molar-refractivity contribution in [1.82, 2.24) is 0 Å². The zero-order valence-electron chi connectivity index (χ0n) is 20.6. The van der Waals surface area contributed by atoms with Gasteiger partial charge in [-0.05, 0) is 78.2 Å². The van der Waals surface area contributed by atoms with Gasteiger partial charge in [-0.25, -0.2) is 4.79 Å². The van der Waals surface area contributed by atoms with Gasteiger partial charge in [0.25, 0.3) is 0 Å². The van der Waals surface area contributed by atoms with Crippen LogP contribution in [0.3, 0.4) is 0 Å². The van der Waals surface area contributed by atoms with E-state index in [1.165, 1.54) is 7.11 Å². The molecule has 0 spiro atoms. The molecule has 182 valence electrons. The summed E-state index contributed by atoms with van der Waals surface area (Å²) in [5, 5.41) is 0.000785. The minimum absolute atomic E-state index is 0.000785. The smallest absolute Gasteiger partial charge is 0.338 e. The highest BCUT2D eigenvalue weighted by Gasteiger charge is 2.50. The molecule has 0 bridgehead atoms. The Balaban J connectivity index is 1.89. The maximum atomic E-state index is 13.1. The number of esters is 1. The molecule has 0 unspecified atom stereocenters. The molecule has 0 aliphatic heterocycles. The van der Waals surface area contributed by atoms with Crippen LogP contribution in [0, 0.1) is 11.8 Å². The van der Waals surface area contributed by atoms with Crippen molar-refractivity contribution >= 4 is 42.7 Å². The highest BCUT2D eigenvalue weighted by molar-refractivity contribution is 14.1. The number of hydrogen-bond donors (Lipinski definition) is 0. The number of ether oxygens (including phenoxy) is 3. The molecule has 1 saturated carbocycles. The lowest BCUT2D eigenvalue weighted by Crippen LogP contribution is -2.55. The second-order valence-electron chi connectivity index (χ2n) is 10.4. The average Bonchev–Trinajstić information content (AvgIpc) is 2.76. The fraction of sp³-hybridized carbons (Fsp3) is 0.600. The summed E-state index contributed by atoms with van der Waals surface area (Å²) in [6.07, 6.45) is 3.36. The predicted molar refractivity (Wildman–Crippen MR) is 139 cm³/mol. The van der Waals surface area contributed by atoms with E-state index in [0.717, 1.165) is 10.0 Å². The molecule has 0 amide bonds. The fourth-order valence-electron chi connectivity index (χ4n) is 4.34. The van der Waals surface area contributed by atoms with Crippen LogP contribution in [0.2, 0.25) is 18.1 Å². The number of methoxy groups -OCH3 is 2. The van der Waals surface area contributed by atoms with Crippen LogP contribution in [-0.4, -0.2) is 46.5 Å². The van der Waals surface area contributed by atoms with Crippen molar-refractivity contribution in [3.05, 3.63) is 33.4 Å². The van der Waals surface area contributed by atoms with Crippen molar-refractivity contribution in [2.75, 3.05) is 14.2 Å². The number of rotatable bonds is 6. The highest BCUT2D eigenvalue weighted by atomic mass is 127. The first-order valence-corrected chi connectivity index (χ1v) is 15.4. The Morgan fingerprint density at radius 3 is 2.36 bits per heavy atom. The molecule has 1 aromatic carbocycles. The van der Waals surface area contributed by atoms with Gasteiger partial charge in [0, 0.05) is 11.8 Å². The largest absolute Gasteiger partial charge is 0.493 e. The van der Waals surface area contributed by atoms with E-state index >= 15 is 0 Å². The molecule has 1 aromatic rings. The van der Waals surface area contributed by atoms with Gasteiger partial charge in [-0.2, -0.15) is 0 Å². The number of halogens is 1. The van der Waals surface area contributed by atoms with Crippen molar-refractivity contribution in [2.24, 2.45) is 11.8 Å². The van der Waals surface area contributed by atoms with Gasteiger partial charge in [0.1, 0.15) is 6.10 Å². The van der Waals surface area contributed by atoms with Crippen LogP contribution in [0.5, 0.6) is 11.5 Å². The SMILES string of the molecule is COc1ccc(C(=O)O[C@H]2CC[C@@H]3C(=O)C(I)=CC[C@@H]3[C@H]2O[Si](C)(C)C(C)(C)C)cc1OC. The summed E-state index contributed by atoms with van der Waals surface area (Å²) in [5.41, 5.74) is 0.398. The number of carbonyl (C=O) groups is 2. The molecule has 0 heterocycles. The topological polar surface area (TPSA) is 71.1 Å². The first-order chi connectivity index (χ1) is 15.4. The highest BCUT2D eigenvalue weighted by Crippen LogP contribution is 2.46. The summed E-state index contributed by atoms with van der Waals surface area (Å²) in [4.78, 5) is 26.0. The molecular weight excluding hydrogens is 551 g/mol. The Morgan fingerprint density at radius 1 is 1.09 bits per heavy atom. The number of allylic oxidation sites excluding steroid dienone is 2. The number of ketones is 1. The van der Waals surface area contributed by atoms with Gasteiger partial charge in [0.15, 0.2) is 25.6 Å². The van der Waals surface area contributed by atoms with Crippen LogP contribution in [0.4, 0.5) is 0 Å². The van der Waals surface area contributed by atoms with Gasteiger partial charge in [-0.15, -0.1) is 0 Å². The van der Waals surface area contributed by atoms with Gasteiger partial charge >= 0.3 is 5.97 Å². The molecule has 2 aliphatic rings. The summed E-state index contributed by atoms with van der Waals surface area (Å²) in [6.45, 7) is 11.0. The third kappa shape index (κ3) is 5.48. The van der Waals surface area contributed by atoms with Crippen molar-refractivity contribution in [3.8, 4) is 11.5 Å². The van der Waals surface area contributed by atoms with Gasteiger partial charge in [0.05, 0.1) is 29.5 Å². The zero-order chi connectivity index (χ0) is 24.6. The molecule has 0 N–H and O–H groups in total. The van der Waals surface area contributed by atoms with Crippen LogP contribution >= 0.6 is 22.6 Å². The second kappa shape index (κ2) is 10.1. The Bertz CT molecular complexity index is 935. The lowest BCUT2D eigenvalue weighted by molar-refractivity contribution is -0.129. The van der Waals surface area contributed by atoms with Crippen molar-refractivity contribution < 1.29 is 28.2 Å². The molecule has 33 heavy (non-hydrogen) atoms. The van der Waals surface area contributed by atoms with Gasteiger partial charge in [-0.1, -0.05) is 26.8 Å². The van der Waals surface area contributed by atoms with E-state index in [-0.39, 0.29) is 28.8 Å². The zero-order valence-corrected chi connectivity index (χ0v) is 23.7. The number of benzene rings is 1. The van der Waals surface area contributed by atoms with Crippen LogP contribution in [0.1, 0.15) is 50.4 Å². The molecule has 0 saturated heterocycles. The minimum atomic E-state index is -2.17. The maximum absolute atomic E-state index is 13.1. The molecule has 0 aromatic heterocycles. The van der Waals surface area contributed by atoms with Crippen LogP contribution in [0.25, 0.3) is 0 Å². The third-order valence-corrected chi connectivity index (χ3v) is 12.8. The van der Waals surface area contributed by atoms with Gasteiger partial charge in [-0.3, -0.25) is 4.79 Å². The molecule has 1 fully saturated rings. The Labute approximate surface area is 211 Å². The second-order valence-corrected chi connectivity index (χ2v) is 16.3. The van der Waals surface area contributed by atoms with Crippen molar-refractivity contribution in [1.29, 1.82) is 0 Å². The number of hydrogen-bond acceptors (Lipinski definition) is 6. The molecule has 4 atom stereocenters. The maximum Gasteiger partial charge on any atom is 0.338 e. The van der Waals surface area contributed by atoms with E-state index in [1.54, 1.807) is 25.3 Å². The van der Waals surface area contributed by atoms with Gasteiger partial charge < -0.3 is 18.6 Å². The van der Waals surface area contributed by atoms with E-state index in [9.17, 15) is 9.59 Å². The van der Waals surface area contributed by atoms with E-state index in [0.29, 0.717) is 29.9 Å². The molecule has 0 radical (unpaired) electrons.